The SMILES string of the molecule is CCCCCc1ccc2c(c1)CCC(c1ccc(CCCC)cc1F)C2. The second-order valence-corrected chi connectivity index (χ2v) is 7.96. The van der Waals surface area contributed by atoms with E-state index in [1.54, 1.807) is 6.07 Å². The molecule has 0 nitrogen and oxygen atoms in total. The molecule has 1 heteroatoms. The van der Waals surface area contributed by atoms with Crippen LogP contribution in [0.25, 0.3) is 0 Å². The zero-order valence-corrected chi connectivity index (χ0v) is 16.5. The van der Waals surface area contributed by atoms with Gasteiger partial charge in [0.25, 0.3) is 0 Å². The van der Waals surface area contributed by atoms with Crippen LogP contribution in [0.3, 0.4) is 0 Å². The normalized spacial score (nSPS) is 16.5. The predicted octanol–water partition coefficient (Wildman–Crippen LogP) is 7.17. The van der Waals surface area contributed by atoms with Crippen molar-refractivity contribution in [1.29, 1.82) is 0 Å². The van der Waals surface area contributed by atoms with Crippen LogP contribution in [0.4, 0.5) is 4.39 Å². The zero-order valence-electron chi connectivity index (χ0n) is 16.5. The van der Waals surface area contributed by atoms with E-state index in [9.17, 15) is 4.39 Å². The molecule has 3 rings (SSSR count). The summed E-state index contributed by atoms with van der Waals surface area (Å²) >= 11 is 0. The van der Waals surface area contributed by atoms with Crippen LogP contribution in [-0.4, -0.2) is 0 Å². The van der Waals surface area contributed by atoms with Crippen LogP contribution < -0.4 is 0 Å². The third-order valence-electron chi connectivity index (χ3n) is 5.89. The molecule has 0 radical (unpaired) electrons. The van der Waals surface area contributed by atoms with Crippen molar-refractivity contribution in [2.45, 2.75) is 84.0 Å². The lowest BCUT2D eigenvalue weighted by Crippen LogP contribution is -2.14. The molecular formula is C25H33F. The summed E-state index contributed by atoms with van der Waals surface area (Å²) < 4.78 is 14.7. The van der Waals surface area contributed by atoms with Crippen LogP contribution in [0.15, 0.2) is 36.4 Å². The number of aryl methyl sites for hydroxylation is 3. The molecule has 0 spiro atoms. The smallest absolute Gasteiger partial charge is 0.126 e. The highest BCUT2D eigenvalue weighted by Crippen LogP contribution is 2.34. The zero-order chi connectivity index (χ0) is 18.4. The number of hydrogen-bond acceptors (Lipinski definition) is 0. The van der Waals surface area contributed by atoms with Gasteiger partial charge in [0.2, 0.25) is 0 Å². The van der Waals surface area contributed by atoms with Gasteiger partial charge in [-0.05, 0) is 84.7 Å². The van der Waals surface area contributed by atoms with Gasteiger partial charge in [-0.3, -0.25) is 0 Å². The van der Waals surface area contributed by atoms with Crippen LogP contribution in [0.1, 0.15) is 86.1 Å². The molecule has 0 saturated heterocycles. The van der Waals surface area contributed by atoms with Crippen molar-refractivity contribution in [3.05, 3.63) is 70.0 Å². The lowest BCUT2D eigenvalue weighted by Gasteiger charge is -2.26. The molecular weight excluding hydrogens is 319 g/mol. The van der Waals surface area contributed by atoms with Crippen LogP contribution in [0.5, 0.6) is 0 Å². The molecule has 1 atom stereocenters. The molecule has 0 N–H and O–H groups in total. The Kier molecular flexibility index (Phi) is 6.88. The predicted molar refractivity (Wildman–Crippen MR) is 109 cm³/mol. The van der Waals surface area contributed by atoms with Crippen molar-refractivity contribution >= 4 is 0 Å². The van der Waals surface area contributed by atoms with E-state index in [4.69, 9.17) is 0 Å². The van der Waals surface area contributed by atoms with Gasteiger partial charge in [0.1, 0.15) is 5.82 Å². The second kappa shape index (κ2) is 9.35. The van der Waals surface area contributed by atoms with E-state index in [0.717, 1.165) is 49.7 Å². The Morgan fingerprint density at radius 3 is 2.35 bits per heavy atom. The maximum absolute atomic E-state index is 14.7. The highest BCUT2D eigenvalue weighted by atomic mass is 19.1. The lowest BCUT2D eigenvalue weighted by molar-refractivity contribution is 0.532. The third kappa shape index (κ3) is 4.75. The van der Waals surface area contributed by atoms with Gasteiger partial charge in [0.15, 0.2) is 0 Å². The van der Waals surface area contributed by atoms with Crippen LogP contribution in [0.2, 0.25) is 0 Å². The van der Waals surface area contributed by atoms with E-state index in [0.29, 0.717) is 5.92 Å². The first-order valence-corrected chi connectivity index (χ1v) is 10.6. The van der Waals surface area contributed by atoms with Gasteiger partial charge in [-0.1, -0.05) is 63.4 Å². The van der Waals surface area contributed by atoms with Crippen molar-refractivity contribution in [2.24, 2.45) is 0 Å². The Hall–Kier alpha value is -1.63. The third-order valence-corrected chi connectivity index (χ3v) is 5.89. The van der Waals surface area contributed by atoms with E-state index >= 15 is 0 Å². The molecule has 0 aromatic heterocycles. The van der Waals surface area contributed by atoms with E-state index in [1.165, 1.54) is 42.4 Å². The van der Waals surface area contributed by atoms with Gasteiger partial charge in [-0.15, -0.1) is 0 Å². The van der Waals surface area contributed by atoms with E-state index in [-0.39, 0.29) is 5.82 Å². The molecule has 2 aromatic rings. The molecule has 0 aliphatic heterocycles. The van der Waals surface area contributed by atoms with Gasteiger partial charge in [0, 0.05) is 0 Å². The first kappa shape index (κ1) is 19.1. The Morgan fingerprint density at radius 2 is 1.58 bits per heavy atom. The van der Waals surface area contributed by atoms with Crippen LogP contribution in [-0.2, 0) is 25.7 Å². The fourth-order valence-corrected chi connectivity index (χ4v) is 4.25. The van der Waals surface area contributed by atoms with Gasteiger partial charge < -0.3 is 0 Å². The summed E-state index contributed by atoms with van der Waals surface area (Å²) in [6.45, 7) is 4.43. The Labute approximate surface area is 158 Å². The summed E-state index contributed by atoms with van der Waals surface area (Å²) in [7, 11) is 0. The molecule has 26 heavy (non-hydrogen) atoms. The van der Waals surface area contributed by atoms with Crippen LogP contribution >= 0.6 is 0 Å². The minimum atomic E-state index is 0.00300. The largest absolute Gasteiger partial charge is 0.207 e. The minimum absolute atomic E-state index is 0.00300. The highest BCUT2D eigenvalue weighted by molar-refractivity contribution is 5.38. The minimum Gasteiger partial charge on any atom is -0.207 e. The topological polar surface area (TPSA) is 0 Å². The first-order valence-electron chi connectivity index (χ1n) is 10.6. The van der Waals surface area contributed by atoms with Gasteiger partial charge in [0.05, 0.1) is 0 Å². The van der Waals surface area contributed by atoms with E-state index in [2.05, 4.69) is 44.2 Å². The number of hydrogen-bond donors (Lipinski definition) is 0. The Balaban J connectivity index is 1.68. The number of halogens is 1. The lowest BCUT2D eigenvalue weighted by atomic mass is 9.79. The maximum atomic E-state index is 14.7. The molecule has 0 bridgehead atoms. The molecule has 1 aliphatic carbocycles. The number of benzene rings is 2. The number of rotatable bonds is 8. The number of unbranched alkanes of at least 4 members (excludes halogenated alkanes) is 3. The molecule has 2 aromatic carbocycles. The van der Waals surface area contributed by atoms with Crippen molar-refractivity contribution in [3.63, 3.8) is 0 Å². The first-order chi connectivity index (χ1) is 12.7. The fourth-order valence-electron chi connectivity index (χ4n) is 4.25. The average Bonchev–Trinajstić information content (AvgIpc) is 2.66. The Bertz CT molecular complexity index is 716. The monoisotopic (exact) mass is 352 g/mol. The summed E-state index contributed by atoms with van der Waals surface area (Å²) in [6.07, 6.45) is 11.5. The second-order valence-electron chi connectivity index (χ2n) is 7.96. The standard InChI is InChI=1S/C25H33F/c1-3-5-7-9-19-10-12-22-18-23(14-13-21(22)16-19)24-15-11-20(8-6-4-2)17-25(24)26/h10-12,15-17,23H,3-9,13-14,18H2,1-2H3. The molecule has 140 valence electrons. The van der Waals surface area contributed by atoms with Crippen molar-refractivity contribution in [1.82, 2.24) is 0 Å². The molecule has 0 saturated carbocycles. The fraction of sp³-hybridized carbons (Fsp3) is 0.520. The van der Waals surface area contributed by atoms with Crippen molar-refractivity contribution in [3.8, 4) is 0 Å². The van der Waals surface area contributed by atoms with Gasteiger partial charge >= 0.3 is 0 Å². The summed E-state index contributed by atoms with van der Waals surface area (Å²) in [5, 5.41) is 0. The quantitative estimate of drug-likeness (QED) is 0.442. The molecule has 0 amide bonds. The average molecular weight is 353 g/mol. The van der Waals surface area contributed by atoms with Gasteiger partial charge in [-0.25, -0.2) is 4.39 Å². The highest BCUT2D eigenvalue weighted by Gasteiger charge is 2.22. The summed E-state index contributed by atoms with van der Waals surface area (Å²) in [5.41, 5.74) is 6.45. The molecule has 0 fully saturated rings. The van der Waals surface area contributed by atoms with E-state index in [1.807, 2.05) is 0 Å². The summed E-state index contributed by atoms with van der Waals surface area (Å²) in [5.74, 6) is 0.330. The summed E-state index contributed by atoms with van der Waals surface area (Å²) in [4.78, 5) is 0. The molecule has 0 heterocycles. The maximum Gasteiger partial charge on any atom is 0.126 e. The van der Waals surface area contributed by atoms with Gasteiger partial charge in [-0.2, -0.15) is 0 Å². The number of fused-ring (bicyclic) bond motifs is 1. The Morgan fingerprint density at radius 1 is 0.846 bits per heavy atom. The molecule has 1 unspecified atom stereocenters. The van der Waals surface area contributed by atoms with E-state index < -0.39 is 0 Å². The molecule has 1 aliphatic rings. The van der Waals surface area contributed by atoms with Crippen molar-refractivity contribution < 1.29 is 4.39 Å². The summed E-state index contributed by atoms with van der Waals surface area (Å²) in [6, 6.07) is 13.0. The van der Waals surface area contributed by atoms with Crippen molar-refractivity contribution in [2.75, 3.05) is 0 Å². The van der Waals surface area contributed by atoms with Crippen LogP contribution in [0, 0.1) is 5.82 Å².